The molecule has 2 saturated heterocycles. The van der Waals surface area contributed by atoms with Crippen molar-refractivity contribution in [1.29, 1.82) is 0 Å². The Hall–Kier alpha value is -2.86. The molecular formula is C25H24F2N2O5S2. The largest absolute Gasteiger partial charge is 0.492 e. The van der Waals surface area contributed by atoms with Crippen molar-refractivity contribution in [3.8, 4) is 16.9 Å². The number of benzene rings is 2. The molecular weight excluding hydrogens is 510 g/mol. The fourth-order valence-corrected chi connectivity index (χ4v) is 5.13. The van der Waals surface area contributed by atoms with E-state index in [1.54, 1.807) is 24.3 Å². The Bertz CT molecular complexity index is 1200. The minimum Gasteiger partial charge on any atom is -0.492 e. The molecule has 2 aromatic carbocycles. The Kier molecular flexibility index (Phi) is 8.68. The van der Waals surface area contributed by atoms with E-state index in [1.165, 1.54) is 17.0 Å². The maximum absolute atomic E-state index is 14.5. The van der Waals surface area contributed by atoms with Crippen LogP contribution in [0.2, 0.25) is 0 Å². The molecule has 0 aliphatic carbocycles. The van der Waals surface area contributed by atoms with Crippen molar-refractivity contribution >= 4 is 46.3 Å². The van der Waals surface area contributed by atoms with E-state index in [0.29, 0.717) is 48.1 Å². The molecule has 2 aliphatic rings. The van der Waals surface area contributed by atoms with Crippen molar-refractivity contribution in [2.75, 3.05) is 46.0 Å². The van der Waals surface area contributed by atoms with Crippen LogP contribution in [0.1, 0.15) is 12.0 Å². The monoisotopic (exact) mass is 534 g/mol. The van der Waals surface area contributed by atoms with Crippen LogP contribution < -0.4 is 4.74 Å². The van der Waals surface area contributed by atoms with Gasteiger partial charge in [0.25, 0.3) is 5.91 Å². The molecule has 2 aromatic rings. The summed E-state index contributed by atoms with van der Waals surface area (Å²) in [4.78, 5) is 27.6. The molecule has 2 aliphatic heterocycles. The summed E-state index contributed by atoms with van der Waals surface area (Å²) >= 11 is 6.34. The highest BCUT2D eigenvalue weighted by atomic mass is 32.2. The minimum absolute atomic E-state index is 0.0267. The normalized spacial score (nSPS) is 17.7. The van der Waals surface area contributed by atoms with Crippen LogP contribution in [0.5, 0.6) is 5.75 Å². The summed E-state index contributed by atoms with van der Waals surface area (Å²) in [6.45, 7) is 4.04. The molecule has 0 spiro atoms. The number of thioether (sulfide) groups is 1. The topological polar surface area (TPSA) is 79.3 Å². The van der Waals surface area contributed by atoms with E-state index in [2.05, 4.69) is 4.90 Å². The maximum Gasteiger partial charge on any atom is 0.305 e. The number of carbonyl (C=O) groups is 2. The zero-order valence-corrected chi connectivity index (χ0v) is 20.9. The molecule has 0 bridgehead atoms. The third-order valence-electron chi connectivity index (χ3n) is 5.73. The highest BCUT2D eigenvalue weighted by Gasteiger charge is 2.32. The first-order valence-corrected chi connectivity index (χ1v) is 12.5. The lowest BCUT2D eigenvalue weighted by Crippen LogP contribution is -2.38. The quantitative estimate of drug-likeness (QED) is 0.382. The first-order chi connectivity index (χ1) is 17.3. The number of ether oxygens (including phenoxy) is 2. The number of halogens is 2. The molecule has 1 N–H and O–H groups in total. The predicted octanol–water partition coefficient (Wildman–Crippen LogP) is 4.02. The molecule has 190 valence electrons. The molecule has 11 heteroatoms. The summed E-state index contributed by atoms with van der Waals surface area (Å²) in [7, 11) is 0. The molecule has 0 atom stereocenters. The average molecular weight is 535 g/mol. The van der Waals surface area contributed by atoms with Crippen LogP contribution in [0.4, 0.5) is 8.78 Å². The smallest absolute Gasteiger partial charge is 0.305 e. The average Bonchev–Trinajstić information content (AvgIpc) is 3.11. The van der Waals surface area contributed by atoms with Gasteiger partial charge in [0, 0.05) is 43.4 Å². The number of hydrogen-bond acceptors (Lipinski definition) is 7. The summed E-state index contributed by atoms with van der Waals surface area (Å²) in [6, 6.07) is 8.39. The second kappa shape index (κ2) is 11.9. The lowest BCUT2D eigenvalue weighted by Gasteiger charge is -2.26. The van der Waals surface area contributed by atoms with Crippen molar-refractivity contribution in [3.05, 3.63) is 58.5 Å². The van der Waals surface area contributed by atoms with Gasteiger partial charge >= 0.3 is 5.97 Å². The van der Waals surface area contributed by atoms with Gasteiger partial charge in [-0.1, -0.05) is 30.0 Å². The Labute approximate surface area is 216 Å². The third kappa shape index (κ3) is 6.47. The van der Waals surface area contributed by atoms with Crippen LogP contribution >= 0.6 is 24.0 Å². The van der Waals surface area contributed by atoms with Gasteiger partial charge in [-0.15, -0.1) is 0 Å². The van der Waals surface area contributed by atoms with Crippen molar-refractivity contribution in [3.63, 3.8) is 0 Å². The number of carboxylic acids is 1. The SMILES string of the molecule is O=C(O)CCN1C(=O)/C(=C/c2cc(-c3ccc(F)cc3F)ccc2OCCN2CCOCC2)SC1=S. The van der Waals surface area contributed by atoms with Crippen molar-refractivity contribution in [2.45, 2.75) is 6.42 Å². The fourth-order valence-electron chi connectivity index (χ4n) is 3.83. The number of hydrogen-bond donors (Lipinski definition) is 1. The van der Waals surface area contributed by atoms with E-state index >= 15 is 0 Å². The molecule has 0 aromatic heterocycles. The zero-order chi connectivity index (χ0) is 25.7. The molecule has 7 nitrogen and oxygen atoms in total. The summed E-state index contributed by atoms with van der Waals surface area (Å²) in [5.41, 5.74) is 1.22. The van der Waals surface area contributed by atoms with Gasteiger partial charge < -0.3 is 14.6 Å². The van der Waals surface area contributed by atoms with Crippen LogP contribution in [-0.4, -0.2) is 77.1 Å². The van der Waals surface area contributed by atoms with Crippen LogP contribution in [0.3, 0.4) is 0 Å². The Morgan fingerprint density at radius 1 is 1.17 bits per heavy atom. The lowest BCUT2D eigenvalue weighted by molar-refractivity contribution is -0.137. The van der Waals surface area contributed by atoms with Gasteiger partial charge in [-0.2, -0.15) is 0 Å². The second-order valence-corrected chi connectivity index (χ2v) is 9.83. The summed E-state index contributed by atoms with van der Waals surface area (Å²) in [5, 5.41) is 8.96. The number of morpholine rings is 1. The van der Waals surface area contributed by atoms with Gasteiger partial charge in [-0.25, -0.2) is 8.78 Å². The molecule has 0 saturated carbocycles. The summed E-state index contributed by atoms with van der Waals surface area (Å²) < 4.78 is 39.5. The van der Waals surface area contributed by atoms with E-state index in [1.807, 2.05) is 0 Å². The zero-order valence-electron chi connectivity index (χ0n) is 19.2. The number of carbonyl (C=O) groups excluding carboxylic acids is 1. The third-order valence-corrected chi connectivity index (χ3v) is 7.11. The van der Waals surface area contributed by atoms with Gasteiger partial charge in [-0.05, 0) is 35.9 Å². The minimum atomic E-state index is -1.03. The van der Waals surface area contributed by atoms with Gasteiger partial charge in [0.2, 0.25) is 0 Å². The van der Waals surface area contributed by atoms with Gasteiger partial charge in [0.05, 0.1) is 24.5 Å². The maximum atomic E-state index is 14.5. The molecule has 0 unspecified atom stereocenters. The molecule has 0 radical (unpaired) electrons. The number of amides is 1. The number of thiocarbonyl (C=S) groups is 1. The van der Waals surface area contributed by atoms with E-state index < -0.39 is 23.5 Å². The van der Waals surface area contributed by atoms with Crippen LogP contribution in [0, 0.1) is 11.6 Å². The van der Waals surface area contributed by atoms with Crippen LogP contribution in [-0.2, 0) is 14.3 Å². The van der Waals surface area contributed by atoms with E-state index in [9.17, 15) is 18.4 Å². The first kappa shape index (κ1) is 26.2. The fraction of sp³-hybridized carbons (Fsp3) is 0.320. The number of carboxylic acid groups (broad SMARTS) is 1. The molecule has 1 amide bonds. The highest BCUT2D eigenvalue weighted by Crippen LogP contribution is 2.36. The number of nitrogens with zero attached hydrogens (tertiary/aromatic N) is 2. The predicted molar refractivity (Wildman–Crippen MR) is 137 cm³/mol. The van der Waals surface area contributed by atoms with Crippen LogP contribution in [0.25, 0.3) is 17.2 Å². The Morgan fingerprint density at radius 3 is 2.67 bits per heavy atom. The summed E-state index contributed by atoms with van der Waals surface area (Å²) in [6.07, 6.45) is 1.38. The lowest BCUT2D eigenvalue weighted by atomic mass is 10.0. The summed E-state index contributed by atoms with van der Waals surface area (Å²) in [5.74, 6) is -2.32. The van der Waals surface area contributed by atoms with E-state index in [0.717, 1.165) is 30.9 Å². The standard InChI is InChI=1S/C25H24F2N2O5S2/c26-18-2-3-19(20(27)15-18)16-1-4-21(34-12-9-28-7-10-33-11-8-28)17(13-16)14-22-24(32)29(25(35)36-22)6-5-23(30)31/h1-4,13-15H,5-12H2,(H,30,31)/b22-14-. The van der Waals surface area contributed by atoms with Gasteiger partial charge in [0.1, 0.15) is 28.3 Å². The molecule has 36 heavy (non-hydrogen) atoms. The van der Waals surface area contributed by atoms with E-state index in [-0.39, 0.29) is 22.8 Å². The van der Waals surface area contributed by atoms with Gasteiger partial charge in [0.15, 0.2) is 0 Å². The van der Waals surface area contributed by atoms with Gasteiger partial charge in [-0.3, -0.25) is 19.4 Å². The van der Waals surface area contributed by atoms with Crippen molar-refractivity contribution in [1.82, 2.24) is 9.80 Å². The van der Waals surface area contributed by atoms with E-state index in [4.69, 9.17) is 26.8 Å². The number of aliphatic carboxylic acids is 1. The van der Waals surface area contributed by atoms with Crippen molar-refractivity contribution in [2.24, 2.45) is 0 Å². The Balaban J connectivity index is 1.61. The Morgan fingerprint density at radius 2 is 1.94 bits per heavy atom. The highest BCUT2D eigenvalue weighted by molar-refractivity contribution is 8.26. The first-order valence-electron chi connectivity index (χ1n) is 11.3. The van der Waals surface area contributed by atoms with Crippen molar-refractivity contribution < 1.29 is 33.0 Å². The molecule has 2 fully saturated rings. The number of rotatable bonds is 9. The second-order valence-electron chi connectivity index (χ2n) is 8.16. The molecule has 2 heterocycles. The molecule has 4 rings (SSSR count). The van der Waals surface area contributed by atoms with Crippen LogP contribution in [0.15, 0.2) is 41.3 Å².